The van der Waals surface area contributed by atoms with E-state index in [2.05, 4.69) is 5.32 Å². The van der Waals surface area contributed by atoms with E-state index in [9.17, 15) is 13.2 Å². The van der Waals surface area contributed by atoms with Gasteiger partial charge in [0.25, 0.3) is 0 Å². The van der Waals surface area contributed by atoms with Crippen LogP contribution in [0.15, 0.2) is 36.4 Å². The molecule has 6 nitrogen and oxygen atoms in total. The molecule has 2 atom stereocenters. The number of amides is 1. The molecular weight excluding hydrogens is 412 g/mol. The first-order chi connectivity index (χ1) is 14.3. The molecule has 1 amide bonds. The van der Waals surface area contributed by atoms with Gasteiger partial charge >= 0.3 is 0 Å². The molecule has 3 rings (SSSR count). The summed E-state index contributed by atoms with van der Waals surface area (Å²) in [5.41, 5.74) is 3.90. The number of anilines is 1. The number of carbonyl (C=O) groups is 1. The lowest BCUT2D eigenvalue weighted by Gasteiger charge is -2.39. The molecule has 31 heavy (non-hydrogen) atoms. The number of nitrogens with one attached hydrogen (secondary N) is 1. The number of sulfonamides is 1. The first-order valence-corrected chi connectivity index (χ1v) is 12.3. The minimum atomic E-state index is -3.68. The van der Waals surface area contributed by atoms with Gasteiger partial charge in [0.2, 0.25) is 15.9 Å². The average Bonchev–Trinajstić information content (AvgIpc) is 2.59. The fourth-order valence-corrected chi connectivity index (χ4v) is 5.44. The molecule has 0 saturated carbocycles. The normalized spacial score (nSPS) is 18.5. The first kappa shape index (κ1) is 23.1. The highest BCUT2D eigenvalue weighted by Crippen LogP contribution is 2.40. The summed E-state index contributed by atoms with van der Waals surface area (Å²) in [6.45, 7) is 11.4. The molecular formula is C24H32N2O4S. The van der Waals surface area contributed by atoms with Crippen molar-refractivity contribution in [2.45, 2.75) is 65.6 Å². The van der Waals surface area contributed by atoms with Crippen LogP contribution in [0.1, 0.15) is 55.5 Å². The number of hydrogen-bond donors (Lipinski definition) is 1. The molecule has 1 heterocycles. The van der Waals surface area contributed by atoms with E-state index in [-0.39, 0.29) is 11.9 Å². The Labute approximate surface area is 185 Å². The Morgan fingerprint density at radius 3 is 2.29 bits per heavy atom. The van der Waals surface area contributed by atoms with Crippen molar-refractivity contribution in [3.8, 4) is 5.75 Å². The maximum Gasteiger partial charge on any atom is 0.244 e. The molecule has 1 aliphatic rings. The van der Waals surface area contributed by atoms with Crippen molar-refractivity contribution in [2.24, 2.45) is 0 Å². The summed E-state index contributed by atoms with van der Waals surface area (Å²) in [6.07, 6.45) is 1.72. The second-order valence-electron chi connectivity index (χ2n) is 9.25. The van der Waals surface area contributed by atoms with Crippen LogP contribution < -0.4 is 14.4 Å². The molecule has 1 N–H and O–H groups in total. The number of benzene rings is 2. The van der Waals surface area contributed by atoms with E-state index in [1.54, 1.807) is 19.1 Å². The lowest BCUT2D eigenvalue weighted by Crippen LogP contribution is -2.50. The summed E-state index contributed by atoms with van der Waals surface area (Å²) in [7, 11) is -3.68. The van der Waals surface area contributed by atoms with Gasteiger partial charge in [-0.2, -0.15) is 0 Å². The van der Waals surface area contributed by atoms with Crippen molar-refractivity contribution in [1.82, 2.24) is 5.32 Å². The molecule has 168 valence electrons. The Morgan fingerprint density at radius 1 is 1.10 bits per heavy atom. The van der Waals surface area contributed by atoms with Crippen LogP contribution in [0.4, 0.5) is 5.69 Å². The van der Waals surface area contributed by atoms with E-state index in [1.165, 1.54) is 4.31 Å². The zero-order valence-corrected chi connectivity index (χ0v) is 20.1. The Kier molecular flexibility index (Phi) is 6.11. The second-order valence-corrected chi connectivity index (χ2v) is 11.1. The van der Waals surface area contributed by atoms with Crippen LogP contribution in [0.5, 0.6) is 5.75 Å². The summed E-state index contributed by atoms with van der Waals surface area (Å²) in [5.74, 6) is 0.397. The van der Waals surface area contributed by atoms with Crippen LogP contribution in [-0.4, -0.2) is 32.2 Å². The highest BCUT2D eigenvalue weighted by atomic mass is 32.2. The van der Waals surface area contributed by atoms with Gasteiger partial charge in [0, 0.05) is 12.0 Å². The fraction of sp³-hybridized carbons (Fsp3) is 0.458. The number of fused-ring (bicyclic) bond motifs is 1. The van der Waals surface area contributed by atoms with Crippen LogP contribution in [0.25, 0.3) is 0 Å². The third kappa shape index (κ3) is 5.21. The standard InChI is InChI=1S/C24H32N2O4S/c1-15-8-9-22-20(13-15)21(14-24(5,6)30-22)25-23(27)18(4)26(31(7,28)29)19-11-16(2)10-17(3)12-19/h8-13,18,21H,14H2,1-7H3,(H,25,27)/t18-,21+/m1/s1. The maximum atomic E-state index is 13.3. The van der Waals surface area contributed by atoms with Gasteiger partial charge in [0.05, 0.1) is 18.0 Å². The molecule has 0 saturated heterocycles. The lowest BCUT2D eigenvalue weighted by molar-refractivity contribution is -0.123. The third-order valence-corrected chi connectivity index (χ3v) is 6.73. The second kappa shape index (κ2) is 8.19. The van der Waals surface area contributed by atoms with E-state index in [0.29, 0.717) is 12.1 Å². The number of ether oxygens (including phenoxy) is 1. The number of nitrogens with zero attached hydrogens (tertiary/aromatic N) is 1. The SMILES string of the molecule is Cc1cc(C)cc(N([C@H](C)C(=O)N[C@H]2CC(C)(C)Oc3ccc(C)cc32)S(C)(=O)=O)c1. The Morgan fingerprint density at radius 2 is 1.71 bits per heavy atom. The summed E-state index contributed by atoms with van der Waals surface area (Å²) in [6, 6.07) is 10.3. The predicted molar refractivity (Wildman–Crippen MR) is 124 cm³/mol. The van der Waals surface area contributed by atoms with Crippen LogP contribution >= 0.6 is 0 Å². The molecule has 0 radical (unpaired) electrons. The van der Waals surface area contributed by atoms with Gasteiger partial charge in [-0.05, 0) is 70.9 Å². The maximum absolute atomic E-state index is 13.3. The fourth-order valence-electron chi connectivity index (χ4n) is 4.28. The van der Waals surface area contributed by atoms with Gasteiger partial charge in [-0.15, -0.1) is 0 Å². The van der Waals surface area contributed by atoms with E-state index < -0.39 is 21.7 Å². The molecule has 1 aliphatic heterocycles. The minimum absolute atomic E-state index is 0.269. The molecule has 2 aromatic rings. The van der Waals surface area contributed by atoms with Crippen molar-refractivity contribution < 1.29 is 17.9 Å². The average molecular weight is 445 g/mol. The largest absolute Gasteiger partial charge is 0.487 e. The van der Waals surface area contributed by atoms with Gasteiger partial charge in [-0.3, -0.25) is 9.10 Å². The summed E-state index contributed by atoms with van der Waals surface area (Å²) >= 11 is 0. The Balaban J connectivity index is 1.93. The zero-order chi connectivity index (χ0) is 23.1. The van der Waals surface area contributed by atoms with Crippen molar-refractivity contribution in [3.63, 3.8) is 0 Å². The Hall–Kier alpha value is -2.54. The van der Waals surface area contributed by atoms with Gasteiger partial charge in [0.15, 0.2) is 0 Å². The van der Waals surface area contributed by atoms with Gasteiger partial charge in [-0.1, -0.05) is 23.8 Å². The van der Waals surface area contributed by atoms with E-state index in [1.807, 2.05) is 58.9 Å². The Bertz CT molecular complexity index is 1090. The molecule has 7 heteroatoms. The van der Waals surface area contributed by atoms with Crippen molar-refractivity contribution in [2.75, 3.05) is 10.6 Å². The van der Waals surface area contributed by atoms with Gasteiger partial charge in [-0.25, -0.2) is 8.42 Å². The third-order valence-electron chi connectivity index (χ3n) is 5.49. The molecule has 0 aromatic heterocycles. The van der Waals surface area contributed by atoms with Crippen LogP contribution in [0, 0.1) is 20.8 Å². The molecule has 2 aromatic carbocycles. The van der Waals surface area contributed by atoms with E-state index >= 15 is 0 Å². The van der Waals surface area contributed by atoms with E-state index in [4.69, 9.17) is 4.74 Å². The van der Waals surface area contributed by atoms with Crippen LogP contribution in [-0.2, 0) is 14.8 Å². The summed E-state index contributed by atoms with van der Waals surface area (Å²) in [4.78, 5) is 13.3. The lowest BCUT2D eigenvalue weighted by atomic mass is 9.89. The highest BCUT2D eigenvalue weighted by molar-refractivity contribution is 7.92. The number of carbonyl (C=O) groups excluding carboxylic acids is 1. The van der Waals surface area contributed by atoms with Crippen molar-refractivity contribution in [1.29, 1.82) is 0 Å². The molecule has 0 unspecified atom stereocenters. The predicted octanol–water partition coefficient (Wildman–Crippen LogP) is 4.18. The number of aryl methyl sites for hydroxylation is 3. The molecule has 0 bridgehead atoms. The molecule has 0 spiro atoms. The van der Waals surface area contributed by atoms with Gasteiger partial charge in [0.1, 0.15) is 17.4 Å². The summed E-state index contributed by atoms with van der Waals surface area (Å²) < 4.78 is 32.6. The smallest absolute Gasteiger partial charge is 0.244 e. The quantitative estimate of drug-likeness (QED) is 0.750. The summed E-state index contributed by atoms with van der Waals surface area (Å²) in [5, 5.41) is 3.08. The number of hydrogen-bond acceptors (Lipinski definition) is 4. The van der Waals surface area contributed by atoms with E-state index in [0.717, 1.165) is 34.3 Å². The molecule has 0 aliphatic carbocycles. The van der Waals surface area contributed by atoms with Crippen molar-refractivity contribution >= 4 is 21.6 Å². The highest BCUT2D eigenvalue weighted by Gasteiger charge is 2.37. The zero-order valence-electron chi connectivity index (χ0n) is 19.3. The van der Waals surface area contributed by atoms with Crippen LogP contribution in [0.3, 0.4) is 0 Å². The minimum Gasteiger partial charge on any atom is -0.487 e. The number of rotatable bonds is 5. The van der Waals surface area contributed by atoms with Gasteiger partial charge < -0.3 is 10.1 Å². The first-order valence-electron chi connectivity index (χ1n) is 10.4. The molecule has 0 fully saturated rings. The monoisotopic (exact) mass is 444 g/mol. The van der Waals surface area contributed by atoms with Crippen molar-refractivity contribution in [3.05, 3.63) is 58.7 Å². The van der Waals surface area contributed by atoms with Crippen LogP contribution in [0.2, 0.25) is 0 Å². The topological polar surface area (TPSA) is 75.7 Å².